The van der Waals surface area contributed by atoms with Crippen molar-refractivity contribution < 1.29 is 33.3 Å². The third-order valence-electron chi connectivity index (χ3n) is 5.30. The highest BCUT2D eigenvalue weighted by atomic mass is 127. The molecule has 0 saturated heterocycles. The molecule has 3 N–H and O–H groups in total. The summed E-state index contributed by atoms with van der Waals surface area (Å²) >= 11 is 2.08. The number of carbonyl (C=O) groups is 3. The van der Waals surface area contributed by atoms with Gasteiger partial charge < -0.3 is 29.6 Å². The van der Waals surface area contributed by atoms with E-state index >= 15 is 0 Å². The van der Waals surface area contributed by atoms with E-state index in [1.807, 2.05) is 6.07 Å². The lowest BCUT2D eigenvalue weighted by molar-refractivity contribution is -0.139. The molecule has 1 aliphatic heterocycles. The van der Waals surface area contributed by atoms with Gasteiger partial charge in [0.05, 0.1) is 35.1 Å². The molecule has 0 unspecified atom stereocenters. The second-order valence-electron chi connectivity index (χ2n) is 7.92. The van der Waals surface area contributed by atoms with E-state index in [1.165, 1.54) is 13.3 Å². The van der Waals surface area contributed by atoms with Crippen LogP contribution < -0.4 is 30.3 Å². The standard InChI is InChI=1S/C26H26IN5O7/c1-4-37-25(34)23-15(2)30-26(35)31-24(23)17-6-8-20(21(12-17)36-3)39-14-22(33)32-29-13-16-5-7-19(18(27)11-16)38-10-9-28/h5-8,11-13,24H,4,10,14H2,1-3H3,(H,32,33)(H2,30,31,35)/b29-13-/t24-/m1/s1. The number of methoxy groups -OCH3 is 1. The molecular weight excluding hydrogens is 621 g/mol. The molecule has 3 rings (SSSR count). The second-order valence-corrected chi connectivity index (χ2v) is 9.08. The molecule has 39 heavy (non-hydrogen) atoms. The van der Waals surface area contributed by atoms with Crippen LogP contribution in [0.2, 0.25) is 0 Å². The minimum atomic E-state index is -0.770. The first-order valence-electron chi connectivity index (χ1n) is 11.6. The highest BCUT2D eigenvalue weighted by molar-refractivity contribution is 14.1. The largest absolute Gasteiger partial charge is 0.493 e. The summed E-state index contributed by atoms with van der Waals surface area (Å²) in [6.07, 6.45) is 1.47. The number of nitrogens with zero attached hydrogens (tertiary/aromatic N) is 2. The van der Waals surface area contributed by atoms with Crippen molar-refractivity contribution in [1.29, 1.82) is 5.26 Å². The Labute approximate surface area is 238 Å². The fourth-order valence-electron chi connectivity index (χ4n) is 3.59. The summed E-state index contributed by atoms with van der Waals surface area (Å²) < 4.78 is 22.3. The van der Waals surface area contributed by atoms with Crippen LogP contribution in [0.5, 0.6) is 17.2 Å². The maximum Gasteiger partial charge on any atom is 0.338 e. The lowest BCUT2D eigenvalue weighted by atomic mass is 9.95. The molecule has 0 saturated carbocycles. The number of rotatable bonds is 11. The number of nitriles is 1. The molecule has 0 fully saturated rings. The van der Waals surface area contributed by atoms with E-state index in [2.05, 4.69) is 43.8 Å². The van der Waals surface area contributed by atoms with Crippen LogP contribution in [0.3, 0.4) is 0 Å². The Morgan fingerprint density at radius 2 is 1.95 bits per heavy atom. The van der Waals surface area contributed by atoms with Gasteiger partial charge >= 0.3 is 12.0 Å². The van der Waals surface area contributed by atoms with Crippen molar-refractivity contribution >= 4 is 46.7 Å². The predicted molar refractivity (Wildman–Crippen MR) is 148 cm³/mol. The molecule has 204 valence electrons. The van der Waals surface area contributed by atoms with E-state index in [1.54, 1.807) is 50.2 Å². The summed E-state index contributed by atoms with van der Waals surface area (Å²) in [7, 11) is 1.43. The fraction of sp³-hybridized carbons (Fsp3) is 0.269. The Morgan fingerprint density at radius 3 is 2.64 bits per heavy atom. The topological polar surface area (TPSA) is 160 Å². The number of carbonyl (C=O) groups excluding carboxylic acids is 3. The van der Waals surface area contributed by atoms with Gasteiger partial charge in [0.25, 0.3) is 5.91 Å². The quantitative estimate of drug-likeness (QED) is 0.145. The zero-order valence-electron chi connectivity index (χ0n) is 21.4. The summed E-state index contributed by atoms with van der Waals surface area (Å²) in [5.41, 5.74) is 4.32. The number of allylic oxidation sites excluding steroid dienone is 1. The summed E-state index contributed by atoms with van der Waals surface area (Å²) in [4.78, 5) is 36.9. The van der Waals surface area contributed by atoms with E-state index in [9.17, 15) is 14.4 Å². The van der Waals surface area contributed by atoms with Gasteiger partial charge in [-0.25, -0.2) is 15.0 Å². The summed E-state index contributed by atoms with van der Waals surface area (Å²) in [6.45, 7) is 3.11. The van der Waals surface area contributed by atoms with Gasteiger partial charge in [0.1, 0.15) is 11.8 Å². The number of nitrogens with one attached hydrogen (secondary N) is 3. The molecule has 1 atom stereocenters. The molecule has 2 aromatic carbocycles. The fourth-order valence-corrected chi connectivity index (χ4v) is 4.28. The van der Waals surface area contributed by atoms with Crippen LogP contribution >= 0.6 is 22.6 Å². The minimum Gasteiger partial charge on any atom is -0.493 e. The first-order chi connectivity index (χ1) is 18.8. The highest BCUT2D eigenvalue weighted by Crippen LogP contribution is 2.34. The molecule has 3 amide bonds. The van der Waals surface area contributed by atoms with E-state index in [0.29, 0.717) is 22.8 Å². The molecule has 1 aliphatic rings. The third-order valence-corrected chi connectivity index (χ3v) is 6.14. The van der Waals surface area contributed by atoms with Gasteiger partial charge in [-0.05, 0) is 77.9 Å². The average molecular weight is 647 g/mol. The number of urea groups is 1. The van der Waals surface area contributed by atoms with Gasteiger partial charge in [0.15, 0.2) is 24.7 Å². The van der Waals surface area contributed by atoms with Crippen molar-refractivity contribution in [2.75, 3.05) is 26.9 Å². The van der Waals surface area contributed by atoms with Gasteiger partial charge in [0.2, 0.25) is 0 Å². The normalized spacial score (nSPS) is 14.6. The van der Waals surface area contributed by atoms with E-state index in [-0.39, 0.29) is 31.1 Å². The Kier molecular flexibility index (Phi) is 10.5. The molecule has 0 aromatic heterocycles. The van der Waals surface area contributed by atoms with Crippen LogP contribution in [-0.4, -0.2) is 51.1 Å². The smallest absolute Gasteiger partial charge is 0.338 e. The number of hydrazone groups is 1. The van der Waals surface area contributed by atoms with Gasteiger partial charge in [-0.15, -0.1) is 0 Å². The molecule has 13 heteroatoms. The summed E-state index contributed by atoms with van der Waals surface area (Å²) in [5.74, 6) is 0.0987. The van der Waals surface area contributed by atoms with Crippen LogP contribution in [0.1, 0.15) is 31.0 Å². The van der Waals surface area contributed by atoms with E-state index in [4.69, 9.17) is 24.2 Å². The van der Waals surface area contributed by atoms with Crippen LogP contribution in [0.15, 0.2) is 52.8 Å². The zero-order valence-corrected chi connectivity index (χ0v) is 23.5. The number of amides is 3. The number of benzene rings is 2. The van der Waals surface area contributed by atoms with Crippen molar-refractivity contribution in [2.24, 2.45) is 5.10 Å². The maximum absolute atomic E-state index is 12.5. The molecule has 0 bridgehead atoms. The molecule has 0 radical (unpaired) electrons. The zero-order chi connectivity index (χ0) is 28.4. The predicted octanol–water partition coefficient (Wildman–Crippen LogP) is 2.92. The van der Waals surface area contributed by atoms with E-state index in [0.717, 1.165) is 9.13 Å². The van der Waals surface area contributed by atoms with Gasteiger partial charge in [-0.3, -0.25) is 4.79 Å². The SMILES string of the molecule is CCOC(=O)C1=C(C)NC(=O)N[C@@H]1c1ccc(OCC(=O)N/N=C\c2ccc(OCC#N)c(I)c2)c(OC)c1. The molecule has 1 heterocycles. The van der Waals surface area contributed by atoms with Crippen molar-refractivity contribution in [3.05, 3.63) is 62.4 Å². The number of hydrogen-bond donors (Lipinski definition) is 3. The lowest BCUT2D eigenvalue weighted by Crippen LogP contribution is -2.45. The minimum absolute atomic E-state index is 0.0486. The van der Waals surface area contributed by atoms with Crippen LogP contribution in [-0.2, 0) is 14.3 Å². The van der Waals surface area contributed by atoms with Gasteiger partial charge in [-0.1, -0.05) is 6.07 Å². The van der Waals surface area contributed by atoms with Gasteiger partial charge in [-0.2, -0.15) is 10.4 Å². The van der Waals surface area contributed by atoms with Crippen molar-refractivity contribution in [1.82, 2.24) is 16.1 Å². The molecular formula is C26H26IN5O7. The van der Waals surface area contributed by atoms with Gasteiger partial charge in [0, 0.05) is 5.70 Å². The number of esters is 1. The molecule has 0 spiro atoms. The first kappa shape index (κ1) is 29.2. The third kappa shape index (κ3) is 7.84. The van der Waals surface area contributed by atoms with Crippen molar-refractivity contribution in [3.63, 3.8) is 0 Å². The Bertz CT molecular complexity index is 1350. The number of halogens is 1. The van der Waals surface area contributed by atoms with Crippen molar-refractivity contribution in [3.8, 4) is 23.3 Å². The highest BCUT2D eigenvalue weighted by Gasteiger charge is 2.32. The number of hydrogen-bond acceptors (Lipinski definition) is 9. The second kappa shape index (κ2) is 14.0. The maximum atomic E-state index is 12.5. The first-order valence-corrected chi connectivity index (χ1v) is 12.7. The monoisotopic (exact) mass is 647 g/mol. The molecule has 12 nitrogen and oxygen atoms in total. The average Bonchev–Trinajstić information content (AvgIpc) is 2.91. The Morgan fingerprint density at radius 1 is 1.18 bits per heavy atom. The van der Waals surface area contributed by atoms with Crippen LogP contribution in [0, 0.1) is 14.9 Å². The Balaban J connectivity index is 1.64. The molecule has 0 aliphatic carbocycles. The summed E-state index contributed by atoms with van der Waals surface area (Å²) in [5, 5.41) is 17.9. The Hall–Kier alpha value is -4.32. The lowest BCUT2D eigenvalue weighted by Gasteiger charge is -2.28. The van der Waals surface area contributed by atoms with Crippen LogP contribution in [0.25, 0.3) is 0 Å². The van der Waals surface area contributed by atoms with Crippen molar-refractivity contribution in [2.45, 2.75) is 19.9 Å². The van der Waals surface area contributed by atoms with Crippen LogP contribution in [0.4, 0.5) is 4.79 Å². The summed E-state index contributed by atoms with van der Waals surface area (Å²) in [6, 6.07) is 10.8. The number of ether oxygens (including phenoxy) is 4. The molecule has 2 aromatic rings. The van der Waals surface area contributed by atoms with E-state index < -0.39 is 23.9 Å².